The van der Waals surface area contributed by atoms with Gasteiger partial charge in [0.25, 0.3) is 0 Å². The number of benzene rings is 1. The van der Waals surface area contributed by atoms with Gasteiger partial charge in [0.15, 0.2) is 15.0 Å². The molecule has 7 nitrogen and oxygen atoms in total. The number of nitrogens with zero attached hydrogens (tertiary/aromatic N) is 4. The molecule has 3 heterocycles. The minimum Gasteiger partial charge on any atom is -0.338 e. The SMILES string of the molecule is CCN(C(=O)[C@H](C)Sc1nc(-c2ccccc2)c2c(C)cc(C)nn12)[C@@H]1CCS(=O)(=O)C1. The van der Waals surface area contributed by atoms with Crippen molar-refractivity contribution in [1.82, 2.24) is 19.5 Å². The summed E-state index contributed by atoms with van der Waals surface area (Å²) >= 11 is 1.37. The standard InChI is InChI=1S/C23H28N4O3S2/c1-5-26(19-11-12-32(29,30)14-19)22(28)17(4)31-23-24-20(18-9-7-6-8-10-18)21-15(2)13-16(3)25-27(21)23/h6-10,13,17,19H,5,11-12,14H2,1-4H3/t17-,19+/m0/s1. The highest BCUT2D eigenvalue weighted by Crippen LogP contribution is 2.33. The van der Waals surface area contributed by atoms with E-state index in [4.69, 9.17) is 4.98 Å². The average Bonchev–Trinajstić information content (AvgIpc) is 3.29. The molecule has 0 aliphatic carbocycles. The number of hydrogen-bond donors (Lipinski definition) is 0. The third-order valence-corrected chi connectivity index (χ3v) is 8.61. The van der Waals surface area contributed by atoms with Crippen molar-refractivity contribution in [3.05, 3.63) is 47.7 Å². The molecule has 4 rings (SSSR count). The molecule has 0 bridgehead atoms. The van der Waals surface area contributed by atoms with Crippen LogP contribution >= 0.6 is 11.8 Å². The van der Waals surface area contributed by atoms with Crippen LogP contribution in [0.3, 0.4) is 0 Å². The number of hydrogen-bond acceptors (Lipinski definition) is 6. The summed E-state index contributed by atoms with van der Waals surface area (Å²) in [5.74, 6) is 0.132. The van der Waals surface area contributed by atoms with Crippen LogP contribution in [0.1, 0.15) is 31.5 Å². The second kappa shape index (κ2) is 8.86. The molecule has 9 heteroatoms. The lowest BCUT2D eigenvalue weighted by molar-refractivity contribution is -0.131. The quantitative estimate of drug-likeness (QED) is 0.510. The van der Waals surface area contributed by atoms with Crippen LogP contribution in [0.25, 0.3) is 16.8 Å². The highest BCUT2D eigenvalue weighted by atomic mass is 32.2. The molecule has 1 aliphatic heterocycles. The third-order valence-electron chi connectivity index (χ3n) is 5.83. The number of rotatable bonds is 6. The molecule has 1 amide bonds. The van der Waals surface area contributed by atoms with E-state index in [9.17, 15) is 13.2 Å². The maximum absolute atomic E-state index is 13.3. The summed E-state index contributed by atoms with van der Waals surface area (Å²) in [6, 6.07) is 11.7. The van der Waals surface area contributed by atoms with Crippen LogP contribution in [-0.4, -0.2) is 63.2 Å². The van der Waals surface area contributed by atoms with E-state index in [0.29, 0.717) is 18.1 Å². The van der Waals surface area contributed by atoms with E-state index in [-0.39, 0.29) is 23.5 Å². The first kappa shape index (κ1) is 22.8. The molecule has 0 spiro atoms. The van der Waals surface area contributed by atoms with Crippen LogP contribution in [0.4, 0.5) is 0 Å². The first-order valence-electron chi connectivity index (χ1n) is 10.8. The van der Waals surface area contributed by atoms with Crippen LogP contribution in [-0.2, 0) is 14.6 Å². The molecule has 0 radical (unpaired) electrons. The summed E-state index contributed by atoms with van der Waals surface area (Å²) in [5.41, 5.74) is 4.71. The van der Waals surface area contributed by atoms with Crippen LogP contribution in [0.15, 0.2) is 41.6 Å². The monoisotopic (exact) mass is 472 g/mol. The molecule has 1 aliphatic rings. The fourth-order valence-electron chi connectivity index (χ4n) is 4.34. The van der Waals surface area contributed by atoms with Gasteiger partial charge < -0.3 is 4.90 Å². The lowest BCUT2D eigenvalue weighted by Gasteiger charge is -2.29. The van der Waals surface area contributed by atoms with Crippen LogP contribution in [0.5, 0.6) is 0 Å². The molecule has 3 aromatic rings. The number of imidazole rings is 1. The van der Waals surface area contributed by atoms with Crippen molar-refractivity contribution in [3.8, 4) is 11.3 Å². The van der Waals surface area contributed by atoms with Gasteiger partial charge in [0.2, 0.25) is 5.91 Å². The Morgan fingerprint density at radius 2 is 2.00 bits per heavy atom. The van der Waals surface area contributed by atoms with E-state index < -0.39 is 15.1 Å². The van der Waals surface area contributed by atoms with Gasteiger partial charge in [0, 0.05) is 18.2 Å². The summed E-state index contributed by atoms with van der Waals surface area (Å²) in [5, 5.41) is 4.92. The van der Waals surface area contributed by atoms with Gasteiger partial charge in [-0.1, -0.05) is 42.1 Å². The average molecular weight is 473 g/mol. The molecule has 1 aromatic carbocycles. The number of aryl methyl sites for hydroxylation is 2. The molecule has 0 unspecified atom stereocenters. The van der Waals surface area contributed by atoms with Gasteiger partial charge in [0.05, 0.1) is 33.7 Å². The molecule has 1 saturated heterocycles. The smallest absolute Gasteiger partial charge is 0.236 e. The Bertz CT molecular complexity index is 1260. The van der Waals surface area contributed by atoms with E-state index in [1.807, 2.05) is 68.6 Å². The van der Waals surface area contributed by atoms with Gasteiger partial charge in [-0.15, -0.1) is 0 Å². The fourth-order valence-corrected chi connectivity index (χ4v) is 7.00. The number of carbonyl (C=O) groups is 1. The molecule has 32 heavy (non-hydrogen) atoms. The van der Waals surface area contributed by atoms with E-state index >= 15 is 0 Å². The maximum atomic E-state index is 13.3. The van der Waals surface area contributed by atoms with E-state index in [0.717, 1.165) is 28.0 Å². The summed E-state index contributed by atoms with van der Waals surface area (Å²) in [6.07, 6.45) is 0.504. The van der Waals surface area contributed by atoms with Gasteiger partial charge in [-0.25, -0.2) is 17.9 Å². The van der Waals surface area contributed by atoms with Gasteiger partial charge >= 0.3 is 0 Å². The van der Waals surface area contributed by atoms with Crippen molar-refractivity contribution < 1.29 is 13.2 Å². The zero-order chi connectivity index (χ0) is 23.0. The Balaban J connectivity index is 1.67. The molecule has 2 aromatic heterocycles. The van der Waals surface area contributed by atoms with E-state index in [1.165, 1.54) is 11.8 Å². The molecule has 0 N–H and O–H groups in total. The predicted octanol–water partition coefficient (Wildman–Crippen LogP) is 3.53. The lowest BCUT2D eigenvalue weighted by atomic mass is 10.1. The minimum atomic E-state index is -3.06. The maximum Gasteiger partial charge on any atom is 0.236 e. The first-order valence-corrected chi connectivity index (χ1v) is 13.5. The third kappa shape index (κ3) is 4.41. The molecular formula is C23H28N4O3S2. The van der Waals surface area contributed by atoms with Crippen LogP contribution in [0, 0.1) is 13.8 Å². The number of thioether (sulfide) groups is 1. The number of sulfone groups is 1. The van der Waals surface area contributed by atoms with Gasteiger partial charge in [-0.2, -0.15) is 5.10 Å². The lowest BCUT2D eigenvalue weighted by Crippen LogP contribution is -2.44. The second-order valence-corrected chi connectivity index (χ2v) is 11.8. The Labute approximate surface area is 193 Å². The van der Waals surface area contributed by atoms with Gasteiger partial charge in [-0.3, -0.25) is 4.79 Å². The molecular weight excluding hydrogens is 444 g/mol. The fraction of sp³-hybridized carbons (Fsp3) is 0.435. The number of carbonyl (C=O) groups excluding carboxylic acids is 1. The Morgan fingerprint density at radius 3 is 2.62 bits per heavy atom. The number of aromatic nitrogens is 3. The van der Waals surface area contributed by atoms with Gasteiger partial charge in [0.1, 0.15) is 0 Å². The van der Waals surface area contributed by atoms with Crippen molar-refractivity contribution in [1.29, 1.82) is 0 Å². The zero-order valence-corrected chi connectivity index (χ0v) is 20.4. The predicted molar refractivity (Wildman–Crippen MR) is 128 cm³/mol. The normalized spacial score (nSPS) is 18.7. The van der Waals surface area contributed by atoms with Crippen molar-refractivity contribution in [2.45, 2.75) is 50.6 Å². The Kier molecular flexibility index (Phi) is 6.31. The molecule has 1 fully saturated rings. The summed E-state index contributed by atoms with van der Waals surface area (Å²) in [6.45, 7) is 8.22. The van der Waals surface area contributed by atoms with E-state index in [1.54, 1.807) is 4.90 Å². The summed E-state index contributed by atoms with van der Waals surface area (Å²) in [7, 11) is -3.06. The van der Waals surface area contributed by atoms with Gasteiger partial charge in [-0.05, 0) is 45.7 Å². The largest absolute Gasteiger partial charge is 0.338 e. The van der Waals surface area contributed by atoms with E-state index in [2.05, 4.69) is 5.10 Å². The minimum absolute atomic E-state index is 0.0500. The van der Waals surface area contributed by atoms with Crippen molar-refractivity contribution in [2.24, 2.45) is 0 Å². The molecule has 2 atom stereocenters. The summed E-state index contributed by atoms with van der Waals surface area (Å²) in [4.78, 5) is 19.9. The Hall–Kier alpha value is -2.39. The topological polar surface area (TPSA) is 84.6 Å². The highest BCUT2D eigenvalue weighted by Gasteiger charge is 2.36. The number of fused-ring (bicyclic) bond motifs is 1. The first-order chi connectivity index (χ1) is 15.2. The molecule has 170 valence electrons. The van der Waals surface area contributed by atoms with Crippen molar-refractivity contribution in [3.63, 3.8) is 0 Å². The van der Waals surface area contributed by atoms with Crippen molar-refractivity contribution in [2.75, 3.05) is 18.1 Å². The van der Waals surface area contributed by atoms with Crippen LogP contribution in [0.2, 0.25) is 0 Å². The molecule has 0 saturated carbocycles. The van der Waals surface area contributed by atoms with Crippen LogP contribution < -0.4 is 0 Å². The summed E-state index contributed by atoms with van der Waals surface area (Å²) < 4.78 is 25.7. The number of amides is 1. The highest BCUT2D eigenvalue weighted by molar-refractivity contribution is 8.00. The Morgan fingerprint density at radius 1 is 1.28 bits per heavy atom. The zero-order valence-electron chi connectivity index (χ0n) is 18.8. The second-order valence-electron chi connectivity index (χ2n) is 8.28. The van der Waals surface area contributed by atoms with Crippen molar-refractivity contribution >= 4 is 33.0 Å².